The van der Waals surface area contributed by atoms with E-state index in [4.69, 9.17) is 11.6 Å². The highest BCUT2D eigenvalue weighted by atomic mass is 35.5. The van der Waals surface area contributed by atoms with Crippen molar-refractivity contribution in [1.29, 1.82) is 0 Å². The van der Waals surface area contributed by atoms with Crippen LogP contribution < -0.4 is 10.2 Å². The van der Waals surface area contributed by atoms with Gasteiger partial charge in [0, 0.05) is 36.1 Å². The van der Waals surface area contributed by atoms with Crippen LogP contribution in [0.15, 0.2) is 42.0 Å². The van der Waals surface area contributed by atoms with Crippen LogP contribution in [0.25, 0.3) is 21.3 Å². The Bertz CT molecular complexity index is 1300. The van der Waals surface area contributed by atoms with Crippen molar-refractivity contribution < 1.29 is 9.18 Å². The van der Waals surface area contributed by atoms with Crippen molar-refractivity contribution in [2.24, 2.45) is 7.05 Å². The minimum absolute atomic E-state index is 0.00956. The normalized spacial score (nSPS) is 16.4. The van der Waals surface area contributed by atoms with Gasteiger partial charge >= 0.3 is 0 Å². The first-order chi connectivity index (χ1) is 15.5. The second-order valence-electron chi connectivity index (χ2n) is 7.74. The number of halogens is 2. The van der Waals surface area contributed by atoms with Gasteiger partial charge in [-0.25, -0.2) is 9.37 Å². The molecule has 0 aliphatic carbocycles. The molecule has 10 heteroatoms. The first-order valence-corrected chi connectivity index (χ1v) is 11.5. The highest BCUT2D eigenvalue weighted by Gasteiger charge is 2.32. The van der Waals surface area contributed by atoms with Crippen molar-refractivity contribution in [2.75, 3.05) is 18.0 Å². The van der Waals surface area contributed by atoms with Gasteiger partial charge in [0.05, 0.1) is 27.5 Å². The number of rotatable bonds is 4. The minimum atomic E-state index is -0.608. The number of fused-ring (bicyclic) bond motifs is 1. The quantitative estimate of drug-likeness (QED) is 0.481. The van der Waals surface area contributed by atoms with Gasteiger partial charge in [-0.1, -0.05) is 22.9 Å². The summed E-state index contributed by atoms with van der Waals surface area (Å²) in [5.41, 5.74) is 1.09. The largest absolute Gasteiger partial charge is 0.315 e. The molecular formula is C22H20ClFN6OS. The molecular weight excluding hydrogens is 451 g/mol. The molecule has 7 nitrogen and oxygen atoms in total. The second-order valence-corrected chi connectivity index (χ2v) is 9.03. The highest BCUT2D eigenvalue weighted by Crippen LogP contribution is 2.37. The second kappa shape index (κ2) is 8.57. The first-order valence-electron chi connectivity index (χ1n) is 10.2. The molecule has 1 aromatic carbocycles. The van der Waals surface area contributed by atoms with Crippen LogP contribution >= 0.6 is 22.9 Å². The molecule has 1 amide bonds. The van der Waals surface area contributed by atoms with Crippen LogP contribution in [0, 0.1) is 5.82 Å². The number of aryl methyl sites for hydroxylation is 1. The Balaban J connectivity index is 1.58. The maximum absolute atomic E-state index is 15.2. The topological polar surface area (TPSA) is 75.9 Å². The molecule has 1 fully saturated rings. The third kappa shape index (κ3) is 3.76. The van der Waals surface area contributed by atoms with E-state index in [9.17, 15) is 4.79 Å². The van der Waals surface area contributed by atoms with Gasteiger partial charge < -0.3 is 5.32 Å². The maximum atomic E-state index is 15.2. The summed E-state index contributed by atoms with van der Waals surface area (Å²) in [5.74, 6) is -0.523. The van der Waals surface area contributed by atoms with Gasteiger partial charge in [-0.15, -0.1) is 16.4 Å². The molecule has 1 saturated heterocycles. The van der Waals surface area contributed by atoms with Gasteiger partial charge in [0.15, 0.2) is 5.82 Å². The van der Waals surface area contributed by atoms with Crippen molar-refractivity contribution in [2.45, 2.75) is 18.9 Å². The summed E-state index contributed by atoms with van der Waals surface area (Å²) >= 11 is 7.76. The summed E-state index contributed by atoms with van der Waals surface area (Å²) in [6.07, 6.45) is 5.06. The summed E-state index contributed by atoms with van der Waals surface area (Å²) in [6, 6.07) is 6.20. The Morgan fingerprint density at radius 1 is 1.38 bits per heavy atom. The van der Waals surface area contributed by atoms with Gasteiger partial charge in [-0.05, 0) is 37.6 Å². The average molecular weight is 471 g/mol. The predicted molar refractivity (Wildman–Crippen MR) is 124 cm³/mol. The number of nitrogens with zero attached hydrogens (tertiary/aromatic N) is 5. The molecule has 1 N–H and O–H groups in total. The zero-order valence-corrected chi connectivity index (χ0v) is 18.8. The van der Waals surface area contributed by atoms with Crippen LogP contribution in [0.5, 0.6) is 0 Å². The number of aromatic nitrogens is 4. The fourth-order valence-electron chi connectivity index (χ4n) is 4.03. The molecule has 0 radical (unpaired) electrons. The fraction of sp³-hybridized carbons (Fsp3) is 0.273. The third-order valence-electron chi connectivity index (χ3n) is 5.60. The van der Waals surface area contributed by atoms with Crippen LogP contribution in [0.2, 0.25) is 5.02 Å². The summed E-state index contributed by atoms with van der Waals surface area (Å²) in [6.45, 7) is 1.50. The maximum Gasteiger partial charge on any atom is 0.262 e. The number of anilines is 1. The number of piperidine rings is 1. The van der Waals surface area contributed by atoms with Crippen molar-refractivity contribution in [3.8, 4) is 11.3 Å². The number of pyridine rings is 1. The number of amides is 1. The smallest absolute Gasteiger partial charge is 0.262 e. The molecule has 1 aliphatic rings. The van der Waals surface area contributed by atoms with Gasteiger partial charge in [-0.2, -0.15) is 0 Å². The van der Waals surface area contributed by atoms with Gasteiger partial charge in [0.25, 0.3) is 5.91 Å². The molecule has 4 heterocycles. The van der Waals surface area contributed by atoms with E-state index in [2.05, 4.69) is 20.6 Å². The Labute approximate surface area is 192 Å². The molecule has 1 aliphatic heterocycles. The average Bonchev–Trinajstić information content (AvgIpc) is 3.41. The number of benzene rings is 1. The van der Waals surface area contributed by atoms with E-state index in [-0.39, 0.29) is 11.6 Å². The zero-order valence-electron chi connectivity index (χ0n) is 17.3. The van der Waals surface area contributed by atoms with E-state index >= 15 is 4.39 Å². The number of hydrogen-bond donors (Lipinski definition) is 1. The van der Waals surface area contributed by atoms with Crippen LogP contribution in [0.4, 0.5) is 10.2 Å². The van der Waals surface area contributed by atoms with Crippen molar-refractivity contribution in [1.82, 2.24) is 25.3 Å². The molecule has 32 heavy (non-hydrogen) atoms. The fourth-order valence-corrected chi connectivity index (χ4v) is 5.29. The summed E-state index contributed by atoms with van der Waals surface area (Å²) in [5, 5.41) is 14.5. The van der Waals surface area contributed by atoms with E-state index in [1.165, 1.54) is 23.5 Å². The van der Waals surface area contributed by atoms with Gasteiger partial charge in [0.2, 0.25) is 0 Å². The predicted octanol–water partition coefficient (Wildman–Crippen LogP) is 4.28. The van der Waals surface area contributed by atoms with Gasteiger partial charge in [0.1, 0.15) is 11.5 Å². The molecule has 0 spiro atoms. The molecule has 0 saturated carbocycles. The molecule has 3 aromatic heterocycles. The lowest BCUT2D eigenvalue weighted by Gasteiger charge is -2.34. The molecule has 4 aromatic rings. The van der Waals surface area contributed by atoms with E-state index in [0.29, 0.717) is 28.6 Å². The van der Waals surface area contributed by atoms with E-state index in [1.54, 1.807) is 35.1 Å². The number of carbonyl (C=O) groups is 1. The lowest BCUT2D eigenvalue weighted by molar-refractivity contribution is 0.0968. The number of thiophene rings is 1. The van der Waals surface area contributed by atoms with Crippen LogP contribution in [0.1, 0.15) is 23.2 Å². The lowest BCUT2D eigenvalue weighted by atomic mass is 10.0. The lowest BCUT2D eigenvalue weighted by Crippen LogP contribution is -2.49. The monoisotopic (exact) mass is 470 g/mol. The van der Waals surface area contributed by atoms with E-state index in [1.807, 2.05) is 11.4 Å². The molecule has 0 unspecified atom stereocenters. The SMILES string of the molecule is Cn1cc(-c2ccc(C(=O)N(c3nccc4c(Cl)csc34)[C@@H]3CCCNC3)c(F)c2)nn1. The highest BCUT2D eigenvalue weighted by molar-refractivity contribution is 7.18. The summed E-state index contributed by atoms with van der Waals surface area (Å²) < 4.78 is 17.6. The van der Waals surface area contributed by atoms with Crippen LogP contribution in [-0.2, 0) is 7.05 Å². The number of carbonyl (C=O) groups excluding carboxylic acids is 1. The van der Waals surface area contributed by atoms with Gasteiger partial charge in [-0.3, -0.25) is 14.4 Å². The van der Waals surface area contributed by atoms with Crippen LogP contribution in [0.3, 0.4) is 0 Å². The zero-order chi connectivity index (χ0) is 22.2. The summed E-state index contributed by atoms with van der Waals surface area (Å²) in [4.78, 5) is 19.9. The van der Waals surface area contributed by atoms with Crippen molar-refractivity contribution >= 4 is 44.7 Å². The van der Waals surface area contributed by atoms with Crippen molar-refractivity contribution in [3.05, 3.63) is 58.4 Å². The van der Waals surface area contributed by atoms with Crippen molar-refractivity contribution in [3.63, 3.8) is 0 Å². The Hall–Kier alpha value is -2.88. The molecule has 5 rings (SSSR count). The summed E-state index contributed by atoms with van der Waals surface area (Å²) in [7, 11) is 1.74. The molecule has 0 bridgehead atoms. The molecule has 1 atom stereocenters. The first kappa shape index (κ1) is 21.0. The van der Waals surface area contributed by atoms with Crippen LogP contribution in [-0.4, -0.2) is 45.0 Å². The number of hydrogen-bond acceptors (Lipinski definition) is 6. The minimum Gasteiger partial charge on any atom is -0.315 e. The Kier molecular flexibility index (Phi) is 5.62. The molecule has 164 valence electrons. The standard InChI is InChI=1S/C22H20ClFN6OS/c1-29-11-19(27-28-29)13-4-5-16(18(24)9-13)22(31)30(14-3-2-7-25-10-14)21-20-15(6-8-26-21)17(23)12-32-20/h4-6,8-9,11-12,14,25H,2-3,7,10H2,1H3/t14-/m1/s1. The number of nitrogens with one attached hydrogen (secondary N) is 1. The van der Waals surface area contributed by atoms with E-state index < -0.39 is 11.7 Å². The van der Waals surface area contributed by atoms with E-state index in [0.717, 1.165) is 29.5 Å². The third-order valence-corrected chi connectivity index (χ3v) is 7.04. The Morgan fingerprint density at radius 2 is 2.25 bits per heavy atom. The Morgan fingerprint density at radius 3 is 2.97 bits per heavy atom.